The van der Waals surface area contributed by atoms with E-state index in [9.17, 15) is 4.79 Å². The zero-order valence-electron chi connectivity index (χ0n) is 13.4. The van der Waals surface area contributed by atoms with Crippen molar-refractivity contribution in [1.82, 2.24) is 4.90 Å². The van der Waals surface area contributed by atoms with Crippen LogP contribution in [0, 0.1) is 17.8 Å². The van der Waals surface area contributed by atoms with E-state index in [1.54, 1.807) is 14.2 Å². The average molecular weight is 301 g/mol. The molecule has 4 nitrogen and oxygen atoms in total. The Balaban J connectivity index is 1.70. The number of rotatable bonds is 5. The van der Waals surface area contributed by atoms with Gasteiger partial charge in [0.2, 0.25) is 5.91 Å². The van der Waals surface area contributed by atoms with Crippen molar-refractivity contribution in [3.8, 4) is 11.5 Å². The average Bonchev–Trinajstić information content (AvgIpc) is 3.17. The number of methoxy groups -OCH3 is 2. The van der Waals surface area contributed by atoms with Crippen molar-refractivity contribution in [2.45, 2.75) is 19.4 Å². The molecule has 0 saturated heterocycles. The highest BCUT2D eigenvalue weighted by Gasteiger charge is 2.40. The lowest BCUT2D eigenvalue weighted by atomic mass is 9.92. The van der Waals surface area contributed by atoms with Gasteiger partial charge in [0, 0.05) is 31.1 Å². The summed E-state index contributed by atoms with van der Waals surface area (Å²) in [5.74, 6) is 2.97. The van der Waals surface area contributed by atoms with Gasteiger partial charge in [0.05, 0.1) is 14.2 Å². The molecule has 3 atom stereocenters. The minimum atomic E-state index is 0.157. The van der Waals surface area contributed by atoms with Crippen LogP contribution in [-0.2, 0) is 11.3 Å². The number of hydrogen-bond donors (Lipinski definition) is 0. The van der Waals surface area contributed by atoms with Crippen LogP contribution >= 0.6 is 0 Å². The summed E-state index contributed by atoms with van der Waals surface area (Å²) in [6, 6.07) is 5.71. The number of benzene rings is 1. The zero-order valence-corrected chi connectivity index (χ0v) is 13.4. The van der Waals surface area contributed by atoms with Gasteiger partial charge in [-0.1, -0.05) is 12.2 Å². The van der Waals surface area contributed by atoms with Crippen molar-refractivity contribution in [3.63, 3.8) is 0 Å². The van der Waals surface area contributed by atoms with Crippen LogP contribution < -0.4 is 9.47 Å². The fourth-order valence-corrected chi connectivity index (χ4v) is 3.66. The Labute approximate surface area is 131 Å². The van der Waals surface area contributed by atoms with Crippen molar-refractivity contribution in [1.29, 1.82) is 0 Å². The smallest absolute Gasteiger partial charge is 0.226 e. The Kier molecular flexibility index (Phi) is 4.10. The molecule has 0 aliphatic heterocycles. The second-order valence-corrected chi connectivity index (χ2v) is 6.26. The summed E-state index contributed by atoms with van der Waals surface area (Å²) in [6.45, 7) is 0.559. The van der Waals surface area contributed by atoms with E-state index in [2.05, 4.69) is 12.2 Å². The lowest BCUT2D eigenvalue weighted by Gasteiger charge is -2.25. The van der Waals surface area contributed by atoms with E-state index >= 15 is 0 Å². The number of fused-ring (bicyclic) bond motifs is 2. The SMILES string of the molecule is COc1ccc(CN(C)C(=O)[C@@H]2C[C@H]3C=C[C@@H]2C3)c(OC)c1. The third kappa shape index (κ3) is 2.70. The second kappa shape index (κ2) is 6.03. The highest BCUT2D eigenvalue weighted by Crippen LogP contribution is 2.44. The van der Waals surface area contributed by atoms with Gasteiger partial charge >= 0.3 is 0 Å². The van der Waals surface area contributed by atoms with Crippen molar-refractivity contribution < 1.29 is 14.3 Å². The Bertz CT molecular complexity index is 596. The lowest BCUT2D eigenvalue weighted by molar-refractivity contribution is -0.135. The van der Waals surface area contributed by atoms with Crippen LogP contribution in [-0.4, -0.2) is 32.1 Å². The fraction of sp³-hybridized carbons (Fsp3) is 0.500. The summed E-state index contributed by atoms with van der Waals surface area (Å²) >= 11 is 0. The Hall–Kier alpha value is -1.97. The van der Waals surface area contributed by atoms with E-state index < -0.39 is 0 Å². The van der Waals surface area contributed by atoms with Crippen LogP contribution in [0.15, 0.2) is 30.4 Å². The summed E-state index contributed by atoms with van der Waals surface area (Å²) in [6.07, 6.45) is 6.64. The number of carbonyl (C=O) groups is 1. The number of nitrogens with zero attached hydrogens (tertiary/aromatic N) is 1. The predicted octanol–water partition coefficient (Wildman–Crippen LogP) is 2.87. The summed E-state index contributed by atoms with van der Waals surface area (Å²) in [5, 5.41) is 0. The minimum absolute atomic E-state index is 0.157. The molecule has 3 rings (SSSR count). The molecule has 4 heteroatoms. The van der Waals surface area contributed by atoms with Gasteiger partial charge in [0.25, 0.3) is 0 Å². The Morgan fingerprint density at radius 1 is 1.23 bits per heavy atom. The molecule has 0 N–H and O–H groups in total. The molecule has 0 unspecified atom stereocenters. The predicted molar refractivity (Wildman–Crippen MR) is 84.9 cm³/mol. The van der Waals surface area contributed by atoms with Gasteiger partial charge in [-0.05, 0) is 36.8 Å². The van der Waals surface area contributed by atoms with E-state index in [1.165, 1.54) is 0 Å². The summed E-state index contributed by atoms with van der Waals surface area (Å²) < 4.78 is 10.6. The van der Waals surface area contributed by atoms with Crippen LogP contribution in [0.2, 0.25) is 0 Å². The van der Waals surface area contributed by atoms with Gasteiger partial charge in [-0.3, -0.25) is 4.79 Å². The molecule has 1 saturated carbocycles. The molecule has 1 aromatic rings. The van der Waals surface area contributed by atoms with E-state index in [0.717, 1.165) is 29.9 Å². The van der Waals surface area contributed by atoms with Crippen LogP contribution in [0.4, 0.5) is 0 Å². The lowest BCUT2D eigenvalue weighted by Crippen LogP contribution is -2.34. The number of hydrogen-bond acceptors (Lipinski definition) is 3. The van der Waals surface area contributed by atoms with Crippen LogP contribution in [0.25, 0.3) is 0 Å². The van der Waals surface area contributed by atoms with Gasteiger partial charge in [-0.15, -0.1) is 0 Å². The van der Waals surface area contributed by atoms with E-state index in [-0.39, 0.29) is 11.8 Å². The van der Waals surface area contributed by atoms with Crippen molar-refractivity contribution in [3.05, 3.63) is 35.9 Å². The van der Waals surface area contributed by atoms with E-state index in [0.29, 0.717) is 18.4 Å². The van der Waals surface area contributed by atoms with Crippen molar-refractivity contribution >= 4 is 5.91 Å². The van der Waals surface area contributed by atoms with Crippen molar-refractivity contribution in [2.24, 2.45) is 17.8 Å². The summed E-state index contributed by atoms with van der Waals surface area (Å²) in [4.78, 5) is 14.5. The van der Waals surface area contributed by atoms with E-state index in [4.69, 9.17) is 9.47 Å². The summed E-state index contributed by atoms with van der Waals surface area (Å²) in [7, 11) is 5.15. The van der Waals surface area contributed by atoms with Crippen LogP contribution in [0.3, 0.4) is 0 Å². The number of ether oxygens (including phenoxy) is 2. The molecule has 1 aromatic carbocycles. The maximum atomic E-state index is 12.7. The number of amides is 1. The maximum Gasteiger partial charge on any atom is 0.226 e. The largest absolute Gasteiger partial charge is 0.497 e. The molecule has 0 heterocycles. The van der Waals surface area contributed by atoms with Gasteiger partial charge in [-0.2, -0.15) is 0 Å². The van der Waals surface area contributed by atoms with Crippen LogP contribution in [0.1, 0.15) is 18.4 Å². The van der Waals surface area contributed by atoms with Gasteiger partial charge in [-0.25, -0.2) is 0 Å². The Morgan fingerprint density at radius 2 is 2.05 bits per heavy atom. The number of allylic oxidation sites excluding steroid dienone is 2. The van der Waals surface area contributed by atoms with Gasteiger partial charge in [0.15, 0.2) is 0 Å². The normalized spacial score (nSPS) is 25.3. The molecule has 0 spiro atoms. The Morgan fingerprint density at radius 3 is 2.64 bits per heavy atom. The second-order valence-electron chi connectivity index (χ2n) is 6.26. The van der Waals surface area contributed by atoms with Gasteiger partial charge < -0.3 is 14.4 Å². The van der Waals surface area contributed by atoms with E-state index in [1.807, 2.05) is 30.1 Å². The van der Waals surface area contributed by atoms with Gasteiger partial charge in [0.1, 0.15) is 11.5 Å². The first-order valence-electron chi connectivity index (χ1n) is 7.76. The highest BCUT2D eigenvalue weighted by molar-refractivity contribution is 5.80. The first-order chi connectivity index (χ1) is 10.6. The minimum Gasteiger partial charge on any atom is -0.497 e. The standard InChI is InChI=1S/C18H23NO3/c1-19(18(20)16-9-12-4-5-13(16)8-12)11-14-6-7-15(21-2)10-17(14)22-3/h4-7,10,12-13,16H,8-9,11H2,1-3H3/t12-,13+,16+/m0/s1. The molecular formula is C18H23NO3. The quantitative estimate of drug-likeness (QED) is 0.785. The molecular weight excluding hydrogens is 278 g/mol. The number of carbonyl (C=O) groups excluding carboxylic acids is 1. The molecule has 118 valence electrons. The molecule has 22 heavy (non-hydrogen) atoms. The molecule has 1 fully saturated rings. The third-order valence-electron chi connectivity index (χ3n) is 4.87. The first kappa shape index (κ1) is 14.9. The first-order valence-corrected chi connectivity index (χ1v) is 7.76. The molecule has 2 aliphatic carbocycles. The molecule has 0 aromatic heterocycles. The zero-order chi connectivity index (χ0) is 15.7. The molecule has 0 radical (unpaired) electrons. The maximum absolute atomic E-state index is 12.7. The third-order valence-corrected chi connectivity index (χ3v) is 4.87. The molecule has 2 aliphatic rings. The molecule has 1 amide bonds. The highest BCUT2D eigenvalue weighted by atomic mass is 16.5. The van der Waals surface area contributed by atoms with Crippen LogP contribution in [0.5, 0.6) is 11.5 Å². The fourth-order valence-electron chi connectivity index (χ4n) is 3.66. The monoisotopic (exact) mass is 301 g/mol. The topological polar surface area (TPSA) is 38.8 Å². The molecule has 2 bridgehead atoms. The summed E-state index contributed by atoms with van der Waals surface area (Å²) in [5.41, 5.74) is 0.998. The van der Waals surface area contributed by atoms with Crippen molar-refractivity contribution in [2.75, 3.05) is 21.3 Å².